The van der Waals surface area contributed by atoms with Gasteiger partial charge in [-0.15, -0.1) is 0 Å². The van der Waals surface area contributed by atoms with Crippen molar-refractivity contribution in [3.63, 3.8) is 0 Å². The van der Waals surface area contributed by atoms with Gasteiger partial charge in [0.25, 0.3) is 0 Å². The van der Waals surface area contributed by atoms with Crippen LogP contribution in [0.1, 0.15) is 25.3 Å². The van der Waals surface area contributed by atoms with Crippen LogP contribution in [-0.2, 0) is 15.1 Å². The van der Waals surface area contributed by atoms with Gasteiger partial charge in [0.1, 0.15) is 5.54 Å². The molecule has 0 radical (unpaired) electrons. The van der Waals surface area contributed by atoms with E-state index in [9.17, 15) is 4.79 Å². The number of rotatable bonds is 5. The van der Waals surface area contributed by atoms with Gasteiger partial charge in [0.2, 0.25) is 5.91 Å². The molecule has 0 bridgehead atoms. The highest BCUT2D eigenvalue weighted by atomic mass is 35.5. The molecule has 0 spiro atoms. The van der Waals surface area contributed by atoms with Crippen LogP contribution in [0.3, 0.4) is 0 Å². The molecule has 4 nitrogen and oxygen atoms in total. The van der Waals surface area contributed by atoms with Crippen molar-refractivity contribution in [2.45, 2.75) is 31.4 Å². The Labute approximate surface area is 118 Å². The summed E-state index contributed by atoms with van der Waals surface area (Å²) in [5, 5.41) is 3.86. The van der Waals surface area contributed by atoms with Crippen molar-refractivity contribution in [3.05, 3.63) is 34.9 Å². The fourth-order valence-corrected chi connectivity index (χ4v) is 2.36. The maximum Gasteiger partial charge on any atom is 0.242 e. The molecule has 0 saturated carbocycles. The minimum absolute atomic E-state index is 0.158. The maximum atomic E-state index is 11.8. The zero-order valence-corrected chi connectivity index (χ0v) is 11.7. The van der Waals surface area contributed by atoms with Gasteiger partial charge in [-0.2, -0.15) is 0 Å². The molecule has 0 aromatic heterocycles. The van der Waals surface area contributed by atoms with Gasteiger partial charge in [0, 0.05) is 18.2 Å². The third-order valence-corrected chi connectivity index (χ3v) is 3.87. The van der Waals surface area contributed by atoms with Crippen molar-refractivity contribution in [2.75, 3.05) is 13.2 Å². The minimum atomic E-state index is -0.906. The SMILES string of the molecule is CC(NCC1CCCO1)(C(N)=O)c1ccc(Cl)cc1. The molecular formula is C14H19ClN2O2. The van der Waals surface area contributed by atoms with E-state index in [2.05, 4.69) is 5.32 Å². The molecule has 1 fully saturated rings. The van der Waals surface area contributed by atoms with Crippen molar-refractivity contribution in [1.82, 2.24) is 5.32 Å². The molecule has 2 unspecified atom stereocenters. The number of carbonyl (C=O) groups is 1. The molecule has 1 aromatic rings. The van der Waals surface area contributed by atoms with Crippen LogP contribution < -0.4 is 11.1 Å². The van der Waals surface area contributed by atoms with Crippen LogP contribution in [0.25, 0.3) is 0 Å². The Kier molecular flexibility index (Phi) is 4.45. The predicted molar refractivity (Wildman–Crippen MR) is 75.0 cm³/mol. The average molecular weight is 283 g/mol. The first-order chi connectivity index (χ1) is 9.02. The van der Waals surface area contributed by atoms with E-state index in [0.29, 0.717) is 11.6 Å². The number of hydrogen-bond donors (Lipinski definition) is 2. The highest BCUT2D eigenvalue weighted by Gasteiger charge is 2.33. The van der Waals surface area contributed by atoms with E-state index in [4.69, 9.17) is 22.1 Å². The Hall–Kier alpha value is -1.10. The van der Waals surface area contributed by atoms with E-state index in [1.165, 1.54) is 0 Å². The third-order valence-electron chi connectivity index (χ3n) is 3.62. The predicted octanol–water partition coefficient (Wildman–Crippen LogP) is 1.81. The molecule has 3 N–H and O–H groups in total. The van der Waals surface area contributed by atoms with Crippen LogP contribution in [0, 0.1) is 0 Å². The standard InChI is InChI=1S/C14H19ClN2O2/c1-14(13(16)18,10-4-6-11(15)7-5-10)17-9-12-3-2-8-19-12/h4-7,12,17H,2-3,8-9H2,1H3,(H2,16,18). The topological polar surface area (TPSA) is 64.3 Å². The van der Waals surface area contributed by atoms with Gasteiger partial charge >= 0.3 is 0 Å². The van der Waals surface area contributed by atoms with E-state index in [-0.39, 0.29) is 6.10 Å². The summed E-state index contributed by atoms with van der Waals surface area (Å²) in [6, 6.07) is 7.14. The summed E-state index contributed by atoms with van der Waals surface area (Å²) in [5.74, 6) is -0.409. The third kappa shape index (κ3) is 3.26. The summed E-state index contributed by atoms with van der Waals surface area (Å²) in [5.41, 5.74) is 5.45. The van der Waals surface area contributed by atoms with E-state index in [0.717, 1.165) is 25.0 Å². The van der Waals surface area contributed by atoms with E-state index in [1.54, 1.807) is 19.1 Å². The summed E-state index contributed by atoms with van der Waals surface area (Å²) < 4.78 is 5.55. The average Bonchev–Trinajstić information content (AvgIpc) is 2.89. The number of nitrogens with one attached hydrogen (secondary N) is 1. The molecular weight excluding hydrogens is 264 g/mol. The van der Waals surface area contributed by atoms with Crippen molar-refractivity contribution < 1.29 is 9.53 Å². The summed E-state index contributed by atoms with van der Waals surface area (Å²) in [7, 11) is 0. The molecule has 19 heavy (non-hydrogen) atoms. The molecule has 104 valence electrons. The first-order valence-electron chi connectivity index (χ1n) is 6.45. The Morgan fingerprint density at radius 1 is 1.53 bits per heavy atom. The molecule has 1 heterocycles. The van der Waals surface area contributed by atoms with Gasteiger partial charge in [0.15, 0.2) is 0 Å². The van der Waals surface area contributed by atoms with Gasteiger partial charge in [-0.25, -0.2) is 0 Å². The minimum Gasteiger partial charge on any atom is -0.377 e. The van der Waals surface area contributed by atoms with Gasteiger partial charge in [-0.05, 0) is 37.5 Å². The molecule has 1 saturated heterocycles. The normalized spacial score (nSPS) is 22.1. The van der Waals surface area contributed by atoms with E-state index < -0.39 is 11.4 Å². The lowest BCUT2D eigenvalue weighted by molar-refractivity contribution is -0.124. The number of amides is 1. The second-order valence-corrected chi connectivity index (χ2v) is 5.45. The number of benzene rings is 1. The van der Waals surface area contributed by atoms with Crippen LogP contribution in [0.15, 0.2) is 24.3 Å². The number of hydrogen-bond acceptors (Lipinski definition) is 3. The lowest BCUT2D eigenvalue weighted by atomic mass is 9.91. The quantitative estimate of drug-likeness (QED) is 0.866. The van der Waals surface area contributed by atoms with Crippen molar-refractivity contribution in [1.29, 1.82) is 0 Å². The summed E-state index contributed by atoms with van der Waals surface area (Å²) in [6.07, 6.45) is 2.24. The Morgan fingerprint density at radius 2 is 2.21 bits per heavy atom. The highest BCUT2D eigenvalue weighted by molar-refractivity contribution is 6.30. The van der Waals surface area contributed by atoms with E-state index in [1.807, 2.05) is 12.1 Å². The summed E-state index contributed by atoms with van der Waals surface area (Å²) >= 11 is 5.87. The molecule has 0 aliphatic carbocycles. The number of primary amides is 1. The van der Waals surface area contributed by atoms with Crippen LogP contribution in [-0.4, -0.2) is 25.2 Å². The molecule has 2 rings (SSSR count). The number of halogens is 1. The highest BCUT2D eigenvalue weighted by Crippen LogP contribution is 2.23. The summed E-state index contributed by atoms with van der Waals surface area (Å²) in [4.78, 5) is 11.8. The second kappa shape index (κ2) is 5.90. The number of nitrogens with two attached hydrogens (primary N) is 1. The lowest BCUT2D eigenvalue weighted by Crippen LogP contribution is -2.52. The Morgan fingerprint density at radius 3 is 2.74 bits per heavy atom. The summed E-state index contributed by atoms with van der Waals surface area (Å²) in [6.45, 7) is 3.19. The largest absolute Gasteiger partial charge is 0.377 e. The molecule has 1 aliphatic rings. The number of carbonyl (C=O) groups excluding carboxylic acids is 1. The first kappa shape index (κ1) is 14.3. The fourth-order valence-electron chi connectivity index (χ4n) is 2.24. The lowest BCUT2D eigenvalue weighted by Gasteiger charge is -2.29. The van der Waals surface area contributed by atoms with Crippen molar-refractivity contribution >= 4 is 17.5 Å². The van der Waals surface area contributed by atoms with Crippen LogP contribution in [0.5, 0.6) is 0 Å². The van der Waals surface area contributed by atoms with Crippen LogP contribution >= 0.6 is 11.6 Å². The van der Waals surface area contributed by atoms with Gasteiger partial charge in [-0.1, -0.05) is 23.7 Å². The molecule has 1 aromatic carbocycles. The molecule has 5 heteroatoms. The number of ether oxygens (including phenoxy) is 1. The Balaban J connectivity index is 2.12. The fraction of sp³-hybridized carbons (Fsp3) is 0.500. The molecule has 1 aliphatic heterocycles. The molecule has 2 atom stereocenters. The van der Waals surface area contributed by atoms with Gasteiger partial charge in [0.05, 0.1) is 6.10 Å². The monoisotopic (exact) mass is 282 g/mol. The molecule has 1 amide bonds. The van der Waals surface area contributed by atoms with Crippen molar-refractivity contribution in [2.24, 2.45) is 5.73 Å². The smallest absolute Gasteiger partial charge is 0.242 e. The van der Waals surface area contributed by atoms with E-state index >= 15 is 0 Å². The van der Waals surface area contributed by atoms with Crippen LogP contribution in [0.4, 0.5) is 0 Å². The van der Waals surface area contributed by atoms with Gasteiger partial charge < -0.3 is 10.5 Å². The zero-order chi connectivity index (χ0) is 13.9. The maximum absolute atomic E-state index is 11.8. The van der Waals surface area contributed by atoms with Crippen LogP contribution in [0.2, 0.25) is 5.02 Å². The first-order valence-corrected chi connectivity index (χ1v) is 6.83. The van der Waals surface area contributed by atoms with Crippen molar-refractivity contribution in [3.8, 4) is 0 Å². The second-order valence-electron chi connectivity index (χ2n) is 5.01. The Bertz CT molecular complexity index is 443. The zero-order valence-electron chi connectivity index (χ0n) is 11.0. The van der Waals surface area contributed by atoms with Gasteiger partial charge in [-0.3, -0.25) is 10.1 Å².